The topological polar surface area (TPSA) is 84.2 Å². The van der Waals surface area contributed by atoms with Gasteiger partial charge in [-0.25, -0.2) is 0 Å². The number of nitrogens with one attached hydrogen (secondary N) is 1. The lowest BCUT2D eigenvalue weighted by molar-refractivity contribution is -0.136. The highest BCUT2D eigenvalue weighted by molar-refractivity contribution is 5.90. The summed E-state index contributed by atoms with van der Waals surface area (Å²) in [5.74, 6) is -1.10. The van der Waals surface area contributed by atoms with E-state index in [0.29, 0.717) is 11.3 Å². The van der Waals surface area contributed by atoms with Gasteiger partial charge >= 0.3 is 5.97 Å². The van der Waals surface area contributed by atoms with Crippen LogP contribution in [0.25, 0.3) is 0 Å². The number of carbonyl (C=O) groups excluding carboxylic acids is 1. The predicted molar refractivity (Wildman–Crippen MR) is 78.1 cm³/mol. The Kier molecular flexibility index (Phi) is 4.37. The van der Waals surface area contributed by atoms with Crippen molar-refractivity contribution in [3.05, 3.63) is 47.3 Å². The molecule has 0 aliphatic carbocycles. The van der Waals surface area contributed by atoms with Gasteiger partial charge in [-0.05, 0) is 37.6 Å². The minimum atomic E-state index is -0.902. The van der Waals surface area contributed by atoms with Crippen LogP contribution in [0.1, 0.15) is 17.0 Å². The van der Waals surface area contributed by atoms with Gasteiger partial charge in [-0.15, -0.1) is 0 Å². The largest absolute Gasteiger partial charge is 0.481 e. The molecule has 2 aromatic rings. The quantitative estimate of drug-likeness (QED) is 0.877. The minimum Gasteiger partial charge on any atom is -0.481 e. The highest BCUT2D eigenvalue weighted by Crippen LogP contribution is 2.12. The number of carboxylic acid groups (broad SMARTS) is 1. The van der Waals surface area contributed by atoms with Crippen molar-refractivity contribution in [2.24, 2.45) is 0 Å². The second-order valence-corrected chi connectivity index (χ2v) is 4.90. The smallest absolute Gasteiger partial charge is 0.307 e. The molecule has 0 fully saturated rings. The van der Waals surface area contributed by atoms with Crippen molar-refractivity contribution in [2.45, 2.75) is 26.8 Å². The fourth-order valence-corrected chi connectivity index (χ4v) is 2.11. The van der Waals surface area contributed by atoms with E-state index in [9.17, 15) is 9.59 Å². The van der Waals surface area contributed by atoms with Gasteiger partial charge < -0.3 is 10.4 Å². The maximum Gasteiger partial charge on any atom is 0.307 e. The number of carboxylic acids is 1. The molecule has 0 atom stereocenters. The minimum absolute atomic E-state index is 0.0683. The molecule has 1 aromatic carbocycles. The van der Waals surface area contributed by atoms with Crippen LogP contribution in [0.4, 0.5) is 5.69 Å². The molecule has 0 aliphatic heterocycles. The van der Waals surface area contributed by atoms with Crippen LogP contribution in [-0.2, 0) is 22.6 Å². The average molecular weight is 287 g/mol. The molecule has 1 aromatic heterocycles. The number of anilines is 1. The Morgan fingerprint density at radius 2 is 2.05 bits per heavy atom. The molecule has 0 saturated heterocycles. The first-order valence-electron chi connectivity index (χ1n) is 6.55. The van der Waals surface area contributed by atoms with Gasteiger partial charge in [0.15, 0.2) is 0 Å². The summed E-state index contributed by atoms with van der Waals surface area (Å²) in [5, 5.41) is 15.7. The van der Waals surface area contributed by atoms with Gasteiger partial charge in [0.05, 0.1) is 12.1 Å². The van der Waals surface area contributed by atoms with Crippen molar-refractivity contribution in [2.75, 3.05) is 5.32 Å². The molecule has 0 saturated carbocycles. The first-order chi connectivity index (χ1) is 9.94. The Hall–Kier alpha value is -2.63. The lowest BCUT2D eigenvalue weighted by Gasteiger charge is -2.08. The van der Waals surface area contributed by atoms with E-state index < -0.39 is 5.97 Å². The van der Waals surface area contributed by atoms with E-state index in [2.05, 4.69) is 10.4 Å². The van der Waals surface area contributed by atoms with E-state index in [4.69, 9.17) is 5.11 Å². The third-order valence-electron chi connectivity index (χ3n) is 2.96. The SMILES string of the molecule is Cc1cc(C)n(CC(=O)Nc2cccc(CC(=O)O)c2)n1. The first-order valence-corrected chi connectivity index (χ1v) is 6.55. The highest BCUT2D eigenvalue weighted by atomic mass is 16.4. The molecule has 0 spiro atoms. The molecule has 0 radical (unpaired) electrons. The highest BCUT2D eigenvalue weighted by Gasteiger charge is 2.08. The lowest BCUT2D eigenvalue weighted by Crippen LogP contribution is -2.20. The zero-order valence-corrected chi connectivity index (χ0v) is 12.0. The van der Waals surface area contributed by atoms with Crippen molar-refractivity contribution in [3.63, 3.8) is 0 Å². The number of aromatic nitrogens is 2. The van der Waals surface area contributed by atoms with Crippen molar-refractivity contribution in [1.82, 2.24) is 9.78 Å². The second-order valence-electron chi connectivity index (χ2n) is 4.90. The molecule has 21 heavy (non-hydrogen) atoms. The fourth-order valence-electron chi connectivity index (χ4n) is 2.11. The summed E-state index contributed by atoms with van der Waals surface area (Å²) in [7, 11) is 0. The number of nitrogens with zero attached hydrogens (tertiary/aromatic N) is 2. The van der Waals surface area contributed by atoms with Crippen LogP contribution in [0.15, 0.2) is 30.3 Å². The summed E-state index contributed by atoms with van der Waals surface area (Å²) in [6.07, 6.45) is -0.0683. The summed E-state index contributed by atoms with van der Waals surface area (Å²) >= 11 is 0. The Labute approximate surface area is 122 Å². The third kappa shape index (κ3) is 4.17. The maximum atomic E-state index is 12.0. The molecule has 110 valence electrons. The van der Waals surface area contributed by atoms with Crippen LogP contribution in [0.3, 0.4) is 0 Å². The van der Waals surface area contributed by atoms with Gasteiger partial charge in [-0.1, -0.05) is 12.1 Å². The number of amides is 1. The van der Waals surface area contributed by atoms with Crippen LogP contribution < -0.4 is 5.32 Å². The number of aryl methyl sites for hydroxylation is 2. The number of hydrogen-bond donors (Lipinski definition) is 2. The van der Waals surface area contributed by atoms with E-state index in [-0.39, 0.29) is 18.9 Å². The molecular formula is C15H17N3O3. The van der Waals surface area contributed by atoms with E-state index in [0.717, 1.165) is 11.4 Å². The number of rotatable bonds is 5. The standard InChI is InChI=1S/C15H17N3O3/c1-10-6-11(2)18(17-10)9-14(19)16-13-5-3-4-12(7-13)8-15(20)21/h3-7H,8-9H2,1-2H3,(H,16,19)(H,20,21). The molecule has 2 N–H and O–H groups in total. The molecule has 6 nitrogen and oxygen atoms in total. The Bertz CT molecular complexity index is 677. The van der Waals surface area contributed by atoms with Gasteiger partial charge in [0, 0.05) is 11.4 Å². The van der Waals surface area contributed by atoms with Gasteiger partial charge in [-0.3, -0.25) is 14.3 Å². The Morgan fingerprint density at radius 1 is 1.29 bits per heavy atom. The van der Waals surface area contributed by atoms with Gasteiger partial charge in [0.25, 0.3) is 0 Å². The predicted octanol–water partition coefficient (Wildman–Crippen LogP) is 1.77. The molecule has 0 bridgehead atoms. The first kappa shape index (κ1) is 14.8. The molecular weight excluding hydrogens is 270 g/mol. The van der Waals surface area contributed by atoms with Crippen molar-refractivity contribution in [3.8, 4) is 0 Å². The number of benzene rings is 1. The summed E-state index contributed by atoms with van der Waals surface area (Å²) < 4.78 is 1.63. The average Bonchev–Trinajstić information content (AvgIpc) is 2.67. The van der Waals surface area contributed by atoms with Gasteiger partial charge in [0.2, 0.25) is 5.91 Å². The van der Waals surface area contributed by atoms with E-state index >= 15 is 0 Å². The number of carbonyl (C=O) groups is 2. The van der Waals surface area contributed by atoms with Crippen LogP contribution in [-0.4, -0.2) is 26.8 Å². The van der Waals surface area contributed by atoms with E-state index in [1.54, 1.807) is 28.9 Å². The number of aliphatic carboxylic acids is 1. The van der Waals surface area contributed by atoms with Gasteiger partial charge in [-0.2, -0.15) is 5.10 Å². The monoisotopic (exact) mass is 287 g/mol. The van der Waals surface area contributed by atoms with Crippen LogP contribution >= 0.6 is 0 Å². The molecule has 1 heterocycles. The number of hydrogen-bond acceptors (Lipinski definition) is 3. The zero-order valence-electron chi connectivity index (χ0n) is 12.0. The van der Waals surface area contributed by atoms with E-state index in [1.807, 2.05) is 19.9 Å². The summed E-state index contributed by atoms with van der Waals surface area (Å²) in [6.45, 7) is 3.89. The van der Waals surface area contributed by atoms with Crippen molar-refractivity contribution >= 4 is 17.6 Å². The van der Waals surface area contributed by atoms with Crippen LogP contribution in [0.2, 0.25) is 0 Å². The molecule has 0 unspecified atom stereocenters. The molecule has 2 rings (SSSR count). The van der Waals surface area contributed by atoms with Crippen molar-refractivity contribution in [1.29, 1.82) is 0 Å². The van der Waals surface area contributed by atoms with Crippen LogP contribution in [0.5, 0.6) is 0 Å². The third-order valence-corrected chi connectivity index (χ3v) is 2.96. The molecule has 1 amide bonds. The lowest BCUT2D eigenvalue weighted by atomic mass is 10.1. The zero-order chi connectivity index (χ0) is 15.4. The maximum absolute atomic E-state index is 12.0. The molecule has 6 heteroatoms. The molecule has 0 aliphatic rings. The second kappa shape index (κ2) is 6.21. The van der Waals surface area contributed by atoms with E-state index in [1.165, 1.54) is 0 Å². The Morgan fingerprint density at radius 3 is 2.67 bits per heavy atom. The normalized spacial score (nSPS) is 10.4. The van der Waals surface area contributed by atoms with Gasteiger partial charge in [0.1, 0.15) is 6.54 Å². The Balaban J connectivity index is 2.02. The van der Waals surface area contributed by atoms with Crippen LogP contribution in [0, 0.1) is 13.8 Å². The fraction of sp³-hybridized carbons (Fsp3) is 0.267. The van der Waals surface area contributed by atoms with Crippen molar-refractivity contribution < 1.29 is 14.7 Å². The summed E-state index contributed by atoms with van der Waals surface area (Å²) in [5.41, 5.74) is 3.01. The summed E-state index contributed by atoms with van der Waals surface area (Å²) in [4.78, 5) is 22.7. The summed E-state index contributed by atoms with van der Waals surface area (Å²) in [6, 6.07) is 8.72.